The molecule has 0 saturated heterocycles. The summed E-state index contributed by atoms with van der Waals surface area (Å²) in [6.07, 6.45) is 9.55. The van der Waals surface area contributed by atoms with Crippen LogP contribution in [0.15, 0.2) is 18.2 Å². The highest BCUT2D eigenvalue weighted by Crippen LogP contribution is 2.31. The summed E-state index contributed by atoms with van der Waals surface area (Å²) in [5.74, 6) is 0.871. The lowest BCUT2D eigenvalue weighted by Gasteiger charge is -2.16. The van der Waals surface area contributed by atoms with Crippen molar-refractivity contribution in [2.75, 3.05) is 0 Å². The molecule has 0 amide bonds. The summed E-state index contributed by atoms with van der Waals surface area (Å²) < 4.78 is 0. The zero-order valence-corrected chi connectivity index (χ0v) is 12.5. The molecule has 1 aliphatic rings. The molecule has 2 rings (SSSR count). The number of aryl methyl sites for hydroxylation is 2. The van der Waals surface area contributed by atoms with Crippen molar-refractivity contribution in [2.24, 2.45) is 5.92 Å². The summed E-state index contributed by atoms with van der Waals surface area (Å²) in [7, 11) is 0. The minimum absolute atomic E-state index is 0.267. The molecule has 0 heterocycles. The van der Waals surface area contributed by atoms with E-state index in [9.17, 15) is 5.11 Å². The average molecular weight is 260 g/mol. The molecule has 1 saturated carbocycles. The zero-order chi connectivity index (χ0) is 13.7. The molecular weight excluding hydrogens is 232 g/mol. The number of hydrogen-bond donors (Lipinski definition) is 1. The maximum Gasteiger partial charge on any atom is 0.0790 e. The molecular formula is C18H28O. The van der Waals surface area contributed by atoms with E-state index in [1.807, 2.05) is 0 Å². The summed E-state index contributed by atoms with van der Waals surface area (Å²) in [5, 5.41) is 10.4. The Hall–Kier alpha value is -0.820. The molecule has 1 atom stereocenters. The fourth-order valence-electron chi connectivity index (χ4n) is 3.39. The summed E-state index contributed by atoms with van der Waals surface area (Å²) in [6, 6.07) is 6.54. The maximum absolute atomic E-state index is 10.4. The molecule has 0 aliphatic heterocycles. The van der Waals surface area contributed by atoms with Crippen LogP contribution >= 0.6 is 0 Å². The summed E-state index contributed by atoms with van der Waals surface area (Å²) in [4.78, 5) is 0. The topological polar surface area (TPSA) is 20.2 Å². The van der Waals surface area contributed by atoms with Gasteiger partial charge < -0.3 is 5.11 Å². The third-order valence-corrected chi connectivity index (χ3v) is 4.70. The van der Waals surface area contributed by atoms with E-state index in [2.05, 4.69) is 32.0 Å². The molecule has 1 nitrogen and oxygen atoms in total. The lowest BCUT2D eigenvalue weighted by Crippen LogP contribution is -2.03. The Labute approximate surface area is 118 Å². The molecule has 1 unspecified atom stereocenters. The van der Waals surface area contributed by atoms with Gasteiger partial charge in [0.1, 0.15) is 0 Å². The highest BCUT2D eigenvalue weighted by atomic mass is 16.3. The molecule has 19 heavy (non-hydrogen) atoms. The van der Waals surface area contributed by atoms with E-state index >= 15 is 0 Å². The fourth-order valence-corrected chi connectivity index (χ4v) is 3.39. The van der Waals surface area contributed by atoms with Crippen molar-refractivity contribution < 1.29 is 5.11 Å². The van der Waals surface area contributed by atoms with E-state index in [0.717, 1.165) is 30.7 Å². The first-order valence-electron chi connectivity index (χ1n) is 8.04. The quantitative estimate of drug-likeness (QED) is 0.778. The van der Waals surface area contributed by atoms with Crippen molar-refractivity contribution in [3.63, 3.8) is 0 Å². The van der Waals surface area contributed by atoms with Crippen LogP contribution < -0.4 is 0 Å². The first kappa shape index (κ1) is 14.6. The largest absolute Gasteiger partial charge is 0.388 e. The van der Waals surface area contributed by atoms with Gasteiger partial charge in [0.15, 0.2) is 0 Å². The van der Waals surface area contributed by atoms with Gasteiger partial charge in [0.05, 0.1) is 6.10 Å². The Morgan fingerprint density at radius 2 is 1.79 bits per heavy atom. The lowest BCUT2D eigenvalue weighted by molar-refractivity contribution is 0.157. The Morgan fingerprint density at radius 1 is 1.11 bits per heavy atom. The van der Waals surface area contributed by atoms with Crippen LogP contribution in [0.3, 0.4) is 0 Å². The van der Waals surface area contributed by atoms with E-state index < -0.39 is 0 Å². The summed E-state index contributed by atoms with van der Waals surface area (Å²) in [6.45, 7) is 4.40. The van der Waals surface area contributed by atoms with Crippen LogP contribution in [0.2, 0.25) is 0 Å². The van der Waals surface area contributed by atoms with E-state index in [1.54, 1.807) is 0 Å². The molecule has 1 aromatic rings. The molecule has 1 heteroatoms. The van der Waals surface area contributed by atoms with Crippen LogP contribution in [-0.4, -0.2) is 5.11 Å². The van der Waals surface area contributed by atoms with E-state index in [4.69, 9.17) is 0 Å². The second-order valence-electron chi connectivity index (χ2n) is 5.98. The minimum Gasteiger partial charge on any atom is -0.388 e. The van der Waals surface area contributed by atoms with Gasteiger partial charge in [-0.2, -0.15) is 0 Å². The summed E-state index contributed by atoms with van der Waals surface area (Å²) in [5.41, 5.74) is 3.95. The van der Waals surface area contributed by atoms with Gasteiger partial charge >= 0.3 is 0 Å². The third-order valence-electron chi connectivity index (χ3n) is 4.70. The Balaban J connectivity index is 1.95. The molecule has 1 aliphatic carbocycles. The van der Waals surface area contributed by atoms with Gasteiger partial charge in [-0.05, 0) is 48.3 Å². The first-order chi connectivity index (χ1) is 9.24. The predicted molar refractivity (Wildman–Crippen MR) is 81.3 cm³/mol. The van der Waals surface area contributed by atoms with Crippen LogP contribution in [0, 0.1) is 5.92 Å². The highest BCUT2D eigenvalue weighted by Gasteiger charge is 2.17. The summed E-state index contributed by atoms with van der Waals surface area (Å²) >= 11 is 0. The van der Waals surface area contributed by atoms with Crippen molar-refractivity contribution in [2.45, 2.75) is 71.3 Å². The van der Waals surface area contributed by atoms with Crippen LogP contribution in [0.5, 0.6) is 0 Å². The third kappa shape index (κ3) is 3.82. The predicted octanol–water partition coefficient (Wildman–Crippen LogP) is 4.82. The van der Waals surface area contributed by atoms with Gasteiger partial charge in [0.25, 0.3) is 0 Å². The second-order valence-corrected chi connectivity index (χ2v) is 5.98. The van der Waals surface area contributed by atoms with E-state index in [1.165, 1.54) is 43.2 Å². The monoisotopic (exact) mass is 260 g/mol. The Kier molecular flexibility index (Phi) is 5.45. The van der Waals surface area contributed by atoms with Crippen LogP contribution in [-0.2, 0) is 12.8 Å². The molecule has 106 valence electrons. The van der Waals surface area contributed by atoms with Gasteiger partial charge in [-0.3, -0.25) is 0 Å². The molecule has 0 spiro atoms. The van der Waals surface area contributed by atoms with Crippen molar-refractivity contribution >= 4 is 0 Å². The van der Waals surface area contributed by atoms with Crippen LogP contribution in [0.25, 0.3) is 0 Å². The normalized spacial score (nSPS) is 17.8. The smallest absolute Gasteiger partial charge is 0.0790 e. The van der Waals surface area contributed by atoms with Gasteiger partial charge in [-0.25, -0.2) is 0 Å². The van der Waals surface area contributed by atoms with Gasteiger partial charge in [0.2, 0.25) is 0 Å². The Bertz CT molecular complexity index is 391. The van der Waals surface area contributed by atoms with E-state index in [-0.39, 0.29) is 6.10 Å². The number of hydrogen-bond acceptors (Lipinski definition) is 1. The number of aliphatic hydroxyl groups excluding tert-OH is 1. The van der Waals surface area contributed by atoms with Crippen molar-refractivity contribution in [1.29, 1.82) is 0 Å². The van der Waals surface area contributed by atoms with Gasteiger partial charge in [0, 0.05) is 0 Å². The maximum atomic E-state index is 10.4. The molecule has 1 fully saturated rings. The standard InChI is InChI=1S/C18H28O/c1-3-15-10-11-17(13-16(15)4-2)18(19)12-9-14-7-5-6-8-14/h10-11,13-14,18-19H,3-9,12H2,1-2H3. The highest BCUT2D eigenvalue weighted by molar-refractivity contribution is 5.33. The second kappa shape index (κ2) is 7.09. The van der Waals surface area contributed by atoms with E-state index in [0.29, 0.717) is 0 Å². The minimum atomic E-state index is -0.267. The first-order valence-corrected chi connectivity index (χ1v) is 8.04. The van der Waals surface area contributed by atoms with Crippen molar-refractivity contribution in [1.82, 2.24) is 0 Å². The Morgan fingerprint density at radius 3 is 2.42 bits per heavy atom. The van der Waals surface area contributed by atoms with Crippen LogP contribution in [0.1, 0.15) is 75.2 Å². The van der Waals surface area contributed by atoms with Crippen molar-refractivity contribution in [3.05, 3.63) is 34.9 Å². The number of rotatable bonds is 6. The SMILES string of the molecule is CCc1ccc(C(O)CCC2CCCC2)cc1CC. The zero-order valence-electron chi connectivity index (χ0n) is 12.5. The molecule has 0 aromatic heterocycles. The number of aliphatic hydroxyl groups is 1. The number of benzene rings is 1. The molecule has 0 radical (unpaired) electrons. The lowest BCUT2D eigenvalue weighted by atomic mass is 9.93. The van der Waals surface area contributed by atoms with Gasteiger partial charge in [-0.1, -0.05) is 57.7 Å². The van der Waals surface area contributed by atoms with Crippen molar-refractivity contribution in [3.8, 4) is 0 Å². The van der Waals surface area contributed by atoms with Crippen LogP contribution in [0.4, 0.5) is 0 Å². The molecule has 1 aromatic carbocycles. The molecule has 1 N–H and O–H groups in total. The van der Waals surface area contributed by atoms with Gasteiger partial charge in [-0.15, -0.1) is 0 Å². The molecule has 0 bridgehead atoms. The average Bonchev–Trinajstić information content (AvgIpc) is 2.97. The fraction of sp³-hybridized carbons (Fsp3) is 0.667.